The van der Waals surface area contributed by atoms with Crippen LogP contribution in [-0.2, 0) is 13.6 Å². The minimum absolute atomic E-state index is 0.656. The number of para-hydroxylation sites is 9. The van der Waals surface area contributed by atoms with Gasteiger partial charge in [0.25, 0.3) is 0 Å². The molecule has 18 aromatic carbocycles. The van der Waals surface area contributed by atoms with Crippen LogP contribution in [0.15, 0.2) is 346 Å². The van der Waals surface area contributed by atoms with Gasteiger partial charge in [-0.15, -0.1) is 0 Å². The van der Waals surface area contributed by atoms with Crippen LogP contribution in [0.1, 0.15) is 5.56 Å². The second-order valence-electron chi connectivity index (χ2n) is 33.3. The van der Waals surface area contributed by atoms with E-state index in [4.69, 9.17) is 0 Å². The molecule has 0 amide bonds. The Morgan fingerprint density at radius 2 is 0.534 bits per heavy atom. The Labute approximate surface area is 669 Å². The Balaban J connectivity index is 0.684. The van der Waals surface area contributed by atoms with Crippen LogP contribution >= 0.6 is 0 Å². The van der Waals surface area contributed by atoms with E-state index in [1.165, 1.54) is 267 Å². The van der Waals surface area contributed by atoms with Crippen molar-refractivity contribution in [1.82, 2.24) is 35.9 Å². The standard InChI is InChI=1S/C110H62N8/c1-111-83-43-19-15-35-68(83)99-95(111)57-81-79-55-92-80(56-91(79)115-86-46-22-17-37-70(86)101(99)107(81)115)82-58-96-100(102-71-38-18-23-47-87(71)116(92)108(82)102)69-36-16-20-44-84(69)112(96)59-60-48-49-88-74(50-60)78-54-94-77(53-90(78)114(88)64-32-12-5-13-33-64)67-40-25-42-73-104-97(61-26-6-2-7-27-61)109-103(98(62-28-8-3-9-29-62)110(104)118(94)106(67)73)72-41-24-39-66-76-52-89-75(51-93(76)117(109)105(66)72)65-34-14-21-45-85(65)113(89)63-30-10-4-11-31-63/h2-58H,59H2,1H3. The summed E-state index contributed by atoms with van der Waals surface area (Å²) < 4.78 is 20.6. The molecule has 0 radical (unpaired) electrons. The van der Waals surface area contributed by atoms with Crippen LogP contribution in [0.25, 0.3) is 273 Å². The van der Waals surface area contributed by atoms with Gasteiger partial charge in [-0.25, -0.2) is 0 Å². The number of nitrogens with zero attached hydrogens (tertiary/aromatic N) is 8. The zero-order valence-electron chi connectivity index (χ0n) is 63.7. The van der Waals surface area contributed by atoms with Gasteiger partial charge in [0.2, 0.25) is 0 Å². The smallest absolute Gasteiger partial charge is 0.0634 e. The monoisotopic (exact) mass is 1490 g/mol. The summed E-state index contributed by atoms with van der Waals surface area (Å²) in [4.78, 5) is 0. The third-order valence-corrected chi connectivity index (χ3v) is 27.9. The van der Waals surface area contributed by atoms with E-state index in [1.54, 1.807) is 0 Å². The van der Waals surface area contributed by atoms with Crippen molar-refractivity contribution in [2.75, 3.05) is 0 Å². The Kier molecular flexibility index (Phi) is 11.0. The van der Waals surface area contributed by atoms with Gasteiger partial charge in [-0.2, -0.15) is 0 Å². The zero-order chi connectivity index (χ0) is 76.1. The fourth-order valence-corrected chi connectivity index (χ4v) is 23.4. The third kappa shape index (κ3) is 7.15. The van der Waals surface area contributed by atoms with E-state index in [0.29, 0.717) is 6.54 Å². The van der Waals surface area contributed by atoms with Crippen molar-refractivity contribution in [3.63, 3.8) is 0 Å². The summed E-state index contributed by atoms with van der Waals surface area (Å²) in [5.74, 6) is 0. The van der Waals surface area contributed by atoms with Gasteiger partial charge in [0.1, 0.15) is 0 Å². The Morgan fingerprint density at radius 3 is 1.06 bits per heavy atom. The molecule has 118 heavy (non-hydrogen) atoms. The predicted molar refractivity (Wildman–Crippen MR) is 497 cm³/mol. The highest BCUT2D eigenvalue weighted by atomic mass is 15.0. The number of rotatable bonds is 6. The molecule has 0 aliphatic rings. The number of aromatic nitrogens is 8. The lowest BCUT2D eigenvalue weighted by Crippen LogP contribution is -1.99. The molecule has 0 atom stereocenters. The van der Waals surface area contributed by atoms with Crippen LogP contribution in [0.5, 0.6) is 0 Å². The summed E-state index contributed by atoms with van der Waals surface area (Å²) in [6, 6.07) is 132. The molecule has 12 aromatic heterocycles. The van der Waals surface area contributed by atoms with Crippen molar-refractivity contribution in [2.24, 2.45) is 7.05 Å². The lowest BCUT2D eigenvalue weighted by atomic mass is 9.89. The van der Waals surface area contributed by atoms with Crippen molar-refractivity contribution in [3.05, 3.63) is 351 Å². The summed E-state index contributed by atoms with van der Waals surface area (Å²) >= 11 is 0. The molecule has 30 rings (SSSR count). The predicted octanol–water partition coefficient (Wildman–Crippen LogP) is 28.6. The normalized spacial score (nSPS) is 13.0. The van der Waals surface area contributed by atoms with Gasteiger partial charge < -0.3 is 35.9 Å². The molecule has 0 saturated heterocycles. The van der Waals surface area contributed by atoms with Gasteiger partial charge in [-0.3, -0.25) is 0 Å². The lowest BCUT2D eigenvalue weighted by Gasteiger charge is -2.16. The Morgan fingerprint density at radius 1 is 0.186 bits per heavy atom. The Bertz CT molecular complexity index is 9780. The number of benzene rings is 18. The molecule has 0 fully saturated rings. The molecular weight excluding hydrogens is 1430 g/mol. The fourth-order valence-electron chi connectivity index (χ4n) is 23.4. The van der Waals surface area contributed by atoms with Crippen molar-refractivity contribution >= 4 is 240 Å². The molecular formula is C110H62N8. The summed E-state index contributed by atoms with van der Waals surface area (Å²) in [6.07, 6.45) is 0. The highest BCUT2D eigenvalue weighted by Gasteiger charge is 2.34. The number of aryl methyl sites for hydroxylation is 1. The first-order valence-electron chi connectivity index (χ1n) is 41.2. The first-order valence-corrected chi connectivity index (χ1v) is 41.2. The van der Waals surface area contributed by atoms with Crippen LogP contribution in [0.3, 0.4) is 0 Å². The largest absolute Gasteiger partial charge is 0.344 e. The van der Waals surface area contributed by atoms with E-state index in [2.05, 4.69) is 389 Å². The molecule has 0 unspecified atom stereocenters. The number of fused-ring (bicyclic) bond motifs is 38. The maximum absolute atomic E-state index is 2.70. The van der Waals surface area contributed by atoms with Gasteiger partial charge >= 0.3 is 0 Å². The van der Waals surface area contributed by atoms with E-state index in [0.717, 1.165) is 11.4 Å². The average molecular weight is 1500 g/mol. The first-order chi connectivity index (χ1) is 58.5. The van der Waals surface area contributed by atoms with Crippen molar-refractivity contribution in [3.8, 4) is 33.6 Å². The van der Waals surface area contributed by atoms with Crippen molar-refractivity contribution in [1.29, 1.82) is 0 Å². The van der Waals surface area contributed by atoms with Crippen molar-refractivity contribution in [2.45, 2.75) is 6.54 Å². The van der Waals surface area contributed by atoms with E-state index in [9.17, 15) is 0 Å². The molecule has 0 spiro atoms. The summed E-state index contributed by atoms with van der Waals surface area (Å²) in [5.41, 5.74) is 33.0. The van der Waals surface area contributed by atoms with Crippen LogP contribution in [0.4, 0.5) is 0 Å². The van der Waals surface area contributed by atoms with Crippen molar-refractivity contribution < 1.29 is 0 Å². The molecule has 8 nitrogen and oxygen atoms in total. The molecule has 30 aromatic rings. The minimum Gasteiger partial charge on any atom is -0.344 e. The fraction of sp³-hybridized carbons (Fsp3) is 0.0182. The third-order valence-electron chi connectivity index (χ3n) is 27.9. The molecule has 8 heteroatoms. The molecule has 0 N–H and O–H groups in total. The van der Waals surface area contributed by atoms with Crippen LogP contribution in [0.2, 0.25) is 0 Å². The van der Waals surface area contributed by atoms with E-state index in [1.807, 2.05) is 0 Å². The van der Waals surface area contributed by atoms with E-state index < -0.39 is 0 Å². The van der Waals surface area contributed by atoms with E-state index >= 15 is 0 Å². The second-order valence-corrected chi connectivity index (χ2v) is 33.3. The van der Waals surface area contributed by atoms with Crippen LogP contribution in [0, 0.1) is 0 Å². The molecule has 542 valence electrons. The average Bonchev–Trinajstić information content (AvgIpc) is 1.50. The van der Waals surface area contributed by atoms with Gasteiger partial charge in [0, 0.05) is 176 Å². The molecule has 12 heterocycles. The van der Waals surface area contributed by atoms with Gasteiger partial charge in [-0.05, 0) is 132 Å². The summed E-state index contributed by atoms with van der Waals surface area (Å²) in [6.45, 7) is 0.656. The maximum Gasteiger partial charge on any atom is 0.0634 e. The van der Waals surface area contributed by atoms with Gasteiger partial charge in [0.15, 0.2) is 0 Å². The summed E-state index contributed by atoms with van der Waals surface area (Å²) in [7, 11) is 2.24. The molecule has 0 aliphatic heterocycles. The van der Waals surface area contributed by atoms with E-state index in [-0.39, 0.29) is 0 Å². The maximum atomic E-state index is 2.70. The van der Waals surface area contributed by atoms with Crippen LogP contribution < -0.4 is 0 Å². The highest BCUT2D eigenvalue weighted by molar-refractivity contribution is 6.42. The molecule has 0 aliphatic carbocycles. The van der Waals surface area contributed by atoms with Gasteiger partial charge in [0.05, 0.1) is 99.3 Å². The first kappa shape index (κ1) is 60.9. The lowest BCUT2D eigenvalue weighted by molar-refractivity contribution is 0.871. The topological polar surface area (TPSA) is 37.4 Å². The second kappa shape index (κ2) is 21.2. The van der Waals surface area contributed by atoms with Gasteiger partial charge in [-0.1, -0.05) is 231 Å². The minimum atomic E-state index is 0.656. The SMILES string of the molecule is Cn1c2ccccc2c2c3c4ccccc4n4c5cc6c7cc8c(c9ccccc9n8Cc8ccc9c(c8)c8cc%10c(cc8n9-c8ccccc8)c8cccc9c%11c(-c%12ccccc%12)c%12c(c(-c%13ccccc%13)c%11n%10c89)c8cccc9c%10cc%11c(cc%10n%12c98)c8ccccc8n%11-c8ccccc8)c8c9ccccc9n(c6cc5c(cc21)c34)c78. The quantitative estimate of drug-likeness (QED) is 0.159. The van der Waals surface area contributed by atoms with Crippen LogP contribution in [-0.4, -0.2) is 35.9 Å². The number of hydrogen-bond donors (Lipinski definition) is 0. The Hall–Kier alpha value is -15.6. The number of hydrogen-bond acceptors (Lipinski definition) is 0. The summed E-state index contributed by atoms with van der Waals surface area (Å²) in [5, 5.41) is 30.4. The zero-order valence-corrected chi connectivity index (χ0v) is 63.7. The molecule has 0 saturated carbocycles. The molecule has 0 bridgehead atoms. The highest BCUT2D eigenvalue weighted by Crippen LogP contribution is 2.57.